The summed E-state index contributed by atoms with van der Waals surface area (Å²) in [5, 5.41) is 17.2. The molecule has 0 saturated carbocycles. The lowest BCUT2D eigenvalue weighted by molar-refractivity contribution is -0.145. The second kappa shape index (κ2) is 3.67. The Balaban J connectivity index is 2.32. The van der Waals surface area contributed by atoms with Crippen molar-refractivity contribution in [2.45, 2.75) is 11.8 Å². The van der Waals surface area contributed by atoms with Crippen LogP contribution in [0.3, 0.4) is 0 Å². The number of hydrogen-bond acceptors (Lipinski definition) is 4. The number of amides is 1. The minimum Gasteiger partial charge on any atom is -0.478 e. The third-order valence-electron chi connectivity index (χ3n) is 2.22. The van der Waals surface area contributed by atoms with Crippen molar-refractivity contribution in [2.24, 2.45) is 0 Å². The standard InChI is InChI=1S/C9H7NO5S/c11-5-3-6-10(5)8(9(14)15)4(16-6)1-2-7(12)13/h1-2,6H,3H2,(H,12,13)(H,14,15)/t6-/m1/s1. The van der Waals surface area contributed by atoms with Gasteiger partial charge < -0.3 is 10.2 Å². The molecule has 0 aromatic heterocycles. The van der Waals surface area contributed by atoms with Crippen molar-refractivity contribution in [2.75, 3.05) is 0 Å². The Kier molecular flexibility index (Phi) is 2.47. The highest BCUT2D eigenvalue weighted by atomic mass is 32.2. The van der Waals surface area contributed by atoms with Gasteiger partial charge in [-0.1, -0.05) is 11.8 Å². The molecule has 2 aliphatic heterocycles. The number of nitrogens with zero attached hydrogens (tertiary/aromatic N) is 1. The molecule has 0 spiro atoms. The van der Waals surface area contributed by atoms with Crippen LogP contribution in [0.15, 0.2) is 22.8 Å². The number of rotatable bonds is 3. The van der Waals surface area contributed by atoms with E-state index in [1.54, 1.807) is 0 Å². The third kappa shape index (κ3) is 1.58. The van der Waals surface area contributed by atoms with Crippen LogP contribution >= 0.6 is 11.8 Å². The van der Waals surface area contributed by atoms with E-state index in [1.165, 1.54) is 22.7 Å². The fraction of sp³-hybridized carbons (Fsp3) is 0.222. The van der Waals surface area contributed by atoms with Crippen LogP contribution in [0.2, 0.25) is 0 Å². The van der Waals surface area contributed by atoms with Crippen molar-refractivity contribution in [1.29, 1.82) is 0 Å². The maximum atomic E-state index is 11.2. The first kappa shape index (κ1) is 10.7. The van der Waals surface area contributed by atoms with E-state index < -0.39 is 11.9 Å². The SMILES string of the molecule is O=C(O)C=CC1=C(C(=O)O)N2C(=O)C[C@H]2S1. The summed E-state index contributed by atoms with van der Waals surface area (Å²) in [5.74, 6) is -2.61. The fourth-order valence-corrected chi connectivity index (χ4v) is 2.84. The van der Waals surface area contributed by atoms with Crippen molar-refractivity contribution in [3.8, 4) is 0 Å². The monoisotopic (exact) mass is 241 g/mol. The maximum absolute atomic E-state index is 11.2. The van der Waals surface area contributed by atoms with E-state index in [0.717, 1.165) is 6.08 Å². The Labute approximate surface area is 94.2 Å². The van der Waals surface area contributed by atoms with Crippen LogP contribution in [0, 0.1) is 0 Å². The third-order valence-corrected chi connectivity index (χ3v) is 3.46. The molecule has 7 heteroatoms. The quantitative estimate of drug-likeness (QED) is 0.542. The summed E-state index contributed by atoms with van der Waals surface area (Å²) >= 11 is 1.20. The number of hydrogen-bond donors (Lipinski definition) is 2. The van der Waals surface area contributed by atoms with Crippen molar-refractivity contribution < 1.29 is 24.6 Å². The number of thioether (sulfide) groups is 1. The summed E-state index contributed by atoms with van der Waals surface area (Å²) in [6.07, 6.45) is 2.37. The van der Waals surface area contributed by atoms with Gasteiger partial charge in [-0.2, -0.15) is 0 Å². The smallest absolute Gasteiger partial charge is 0.353 e. The molecule has 1 amide bonds. The highest BCUT2D eigenvalue weighted by Gasteiger charge is 2.47. The first-order valence-corrected chi connectivity index (χ1v) is 5.26. The normalized spacial score (nSPS) is 23.6. The highest BCUT2D eigenvalue weighted by molar-refractivity contribution is 8.04. The van der Waals surface area contributed by atoms with Crippen LogP contribution in [0.4, 0.5) is 0 Å². The summed E-state index contributed by atoms with van der Waals surface area (Å²) in [5.41, 5.74) is -0.122. The zero-order valence-electron chi connectivity index (χ0n) is 7.91. The molecule has 0 aromatic carbocycles. The Bertz CT molecular complexity index is 453. The van der Waals surface area contributed by atoms with Crippen molar-refractivity contribution >= 4 is 29.6 Å². The average molecular weight is 241 g/mol. The molecule has 0 unspecified atom stereocenters. The van der Waals surface area contributed by atoms with Crippen LogP contribution in [0.5, 0.6) is 0 Å². The van der Waals surface area contributed by atoms with Gasteiger partial charge in [0.1, 0.15) is 5.70 Å². The van der Waals surface area contributed by atoms with Gasteiger partial charge in [0.05, 0.1) is 11.8 Å². The van der Waals surface area contributed by atoms with Gasteiger partial charge in [0.15, 0.2) is 0 Å². The minimum atomic E-state index is -1.21. The van der Waals surface area contributed by atoms with Gasteiger partial charge in [-0.25, -0.2) is 9.59 Å². The number of carbonyl (C=O) groups excluding carboxylic acids is 1. The van der Waals surface area contributed by atoms with Gasteiger partial charge in [0.25, 0.3) is 0 Å². The molecule has 6 nitrogen and oxygen atoms in total. The van der Waals surface area contributed by atoms with E-state index in [-0.39, 0.29) is 17.0 Å². The van der Waals surface area contributed by atoms with Gasteiger partial charge in [0, 0.05) is 11.0 Å². The number of carboxylic acid groups (broad SMARTS) is 2. The number of allylic oxidation sites excluding steroid dienone is 1. The molecule has 2 N–H and O–H groups in total. The van der Waals surface area contributed by atoms with Crippen molar-refractivity contribution in [3.63, 3.8) is 0 Å². The molecule has 2 aliphatic rings. The second-order valence-corrected chi connectivity index (χ2v) is 4.45. The topological polar surface area (TPSA) is 94.9 Å². The van der Waals surface area contributed by atoms with Gasteiger partial charge in [-0.15, -0.1) is 0 Å². The maximum Gasteiger partial charge on any atom is 0.353 e. The molecule has 1 atom stereocenters. The highest BCUT2D eigenvalue weighted by Crippen LogP contribution is 2.46. The molecule has 84 valence electrons. The van der Waals surface area contributed by atoms with Gasteiger partial charge in [-0.3, -0.25) is 9.69 Å². The Morgan fingerprint density at radius 1 is 1.44 bits per heavy atom. The van der Waals surface area contributed by atoms with Crippen LogP contribution in [0.1, 0.15) is 6.42 Å². The van der Waals surface area contributed by atoms with E-state index in [4.69, 9.17) is 10.2 Å². The van der Waals surface area contributed by atoms with Crippen LogP contribution in [-0.4, -0.2) is 38.3 Å². The first-order chi connectivity index (χ1) is 7.50. The molecule has 1 fully saturated rings. The first-order valence-electron chi connectivity index (χ1n) is 4.38. The molecule has 0 radical (unpaired) electrons. The van der Waals surface area contributed by atoms with E-state index in [9.17, 15) is 14.4 Å². The number of carboxylic acids is 2. The molecular formula is C9H7NO5S. The lowest BCUT2D eigenvalue weighted by Crippen LogP contribution is -2.48. The van der Waals surface area contributed by atoms with Crippen molar-refractivity contribution in [3.05, 3.63) is 22.8 Å². The molecular weight excluding hydrogens is 234 g/mol. The Morgan fingerprint density at radius 3 is 2.62 bits per heavy atom. The minimum absolute atomic E-state index is 0.122. The predicted octanol–water partition coefficient (Wildman–Crippen LogP) is 0.229. The molecule has 16 heavy (non-hydrogen) atoms. The Hall–Kier alpha value is -1.76. The van der Waals surface area contributed by atoms with Crippen molar-refractivity contribution in [1.82, 2.24) is 4.90 Å². The number of carbonyl (C=O) groups is 3. The molecule has 0 bridgehead atoms. The zero-order chi connectivity index (χ0) is 11.9. The molecule has 2 heterocycles. The summed E-state index contributed by atoms with van der Waals surface area (Å²) < 4.78 is 0. The van der Waals surface area contributed by atoms with Gasteiger partial charge in [-0.05, 0) is 6.08 Å². The zero-order valence-corrected chi connectivity index (χ0v) is 8.73. The summed E-state index contributed by atoms with van der Waals surface area (Å²) in [6, 6.07) is 0. The second-order valence-electron chi connectivity index (χ2n) is 3.23. The summed E-state index contributed by atoms with van der Waals surface area (Å²) in [7, 11) is 0. The summed E-state index contributed by atoms with van der Waals surface area (Å²) in [4.78, 5) is 34.0. The van der Waals surface area contributed by atoms with E-state index in [0.29, 0.717) is 11.3 Å². The van der Waals surface area contributed by atoms with Crippen LogP contribution in [-0.2, 0) is 14.4 Å². The van der Waals surface area contributed by atoms with Crippen LogP contribution < -0.4 is 0 Å². The molecule has 1 saturated heterocycles. The molecule has 2 rings (SSSR count). The van der Waals surface area contributed by atoms with Crippen LogP contribution in [0.25, 0.3) is 0 Å². The largest absolute Gasteiger partial charge is 0.478 e. The fourth-order valence-electron chi connectivity index (χ4n) is 1.54. The van der Waals surface area contributed by atoms with Gasteiger partial charge >= 0.3 is 11.9 Å². The number of aliphatic carboxylic acids is 2. The van der Waals surface area contributed by atoms with Gasteiger partial charge in [0.2, 0.25) is 5.91 Å². The molecule has 0 aromatic rings. The van der Waals surface area contributed by atoms with E-state index in [2.05, 4.69) is 0 Å². The lowest BCUT2D eigenvalue weighted by Gasteiger charge is -2.33. The lowest BCUT2D eigenvalue weighted by atomic mass is 10.1. The van der Waals surface area contributed by atoms with E-state index >= 15 is 0 Å². The average Bonchev–Trinajstić information content (AvgIpc) is 2.47. The molecule has 0 aliphatic carbocycles. The number of fused-ring (bicyclic) bond motifs is 1. The summed E-state index contributed by atoms with van der Waals surface area (Å²) in [6.45, 7) is 0. The predicted molar refractivity (Wildman–Crippen MR) is 54.3 cm³/mol. The van der Waals surface area contributed by atoms with E-state index in [1.807, 2.05) is 0 Å². The number of β-lactam (4-membered cyclic amide) rings is 1. The Morgan fingerprint density at radius 2 is 2.12 bits per heavy atom.